The molecule has 18 heavy (non-hydrogen) atoms. The van der Waals surface area contributed by atoms with Crippen LogP contribution in [-0.4, -0.2) is 26.6 Å². The molecule has 0 spiro atoms. The van der Waals surface area contributed by atoms with Crippen LogP contribution in [0.2, 0.25) is 0 Å². The second kappa shape index (κ2) is 6.31. The van der Waals surface area contributed by atoms with Crippen molar-refractivity contribution in [3.63, 3.8) is 0 Å². The van der Waals surface area contributed by atoms with Gasteiger partial charge in [0.2, 0.25) is 10.0 Å². The number of halogens is 1. The van der Waals surface area contributed by atoms with E-state index in [9.17, 15) is 13.2 Å². The maximum absolute atomic E-state index is 11.8. The van der Waals surface area contributed by atoms with E-state index in [4.69, 9.17) is 5.14 Å². The first-order valence-electron chi connectivity index (χ1n) is 5.34. The van der Waals surface area contributed by atoms with Crippen LogP contribution in [0.25, 0.3) is 0 Å². The summed E-state index contributed by atoms with van der Waals surface area (Å²) >= 11 is 3.30. The Hall–Kier alpha value is -0.920. The van der Waals surface area contributed by atoms with Crippen LogP contribution in [0, 0.1) is 6.92 Å². The van der Waals surface area contributed by atoms with Crippen molar-refractivity contribution in [1.82, 2.24) is 5.32 Å². The molecule has 0 atom stereocenters. The van der Waals surface area contributed by atoms with Crippen LogP contribution in [0.1, 0.15) is 22.3 Å². The summed E-state index contributed by atoms with van der Waals surface area (Å²) in [5, 5.41) is 7.52. The third kappa shape index (κ3) is 5.16. The molecule has 0 bridgehead atoms. The minimum atomic E-state index is -3.46. The lowest BCUT2D eigenvalue weighted by Gasteiger charge is -2.07. The maximum Gasteiger partial charge on any atom is 0.251 e. The van der Waals surface area contributed by atoms with Crippen LogP contribution in [0.3, 0.4) is 0 Å². The van der Waals surface area contributed by atoms with E-state index < -0.39 is 10.0 Å². The quantitative estimate of drug-likeness (QED) is 0.792. The van der Waals surface area contributed by atoms with E-state index in [0.717, 1.165) is 10.0 Å². The molecule has 0 aromatic heterocycles. The van der Waals surface area contributed by atoms with Gasteiger partial charge in [-0.2, -0.15) is 0 Å². The topological polar surface area (TPSA) is 89.3 Å². The fourth-order valence-corrected chi connectivity index (χ4v) is 2.32. The Balaban J connectivity index is 2.53. The van der Waals surface area contributed by atoms with Crippen LogP contribution < -0.4 is 10.5 Å². The summed E-state index contributed by atoms with van der Waals surface area (Å²) in [5.74, 6) is -0.353. The van der Waals surface area contributed by atoms with Gasteiger partial charge in [0.1, 0.15) is 0 Å². The normalized spacial score (nSPS) is 11.3. The van der Waals surface area contributed by atoms with Crippen molar-refractivity contribution in [2.24, 2.45) is 5.14 Å². The smallest absolute Gasteiger partial charge is 0.251 e. The number of sulfonamides is 1. The van der Waals surface area contributed by atoms with Crippen LogP contribution in [0.4, 0.5) is 0 Å². The molecular formula is C11H15BrN2O3S. The highest BCUT2D eigenvalue weighted by atomic mass is 79.9. The Morgan fingerprint density at radius 3 is 2.72 bits per heavy atom. The molecule has 0 saturated heterocycles. The van der Waals surface area contributed by atoms with Crippen LogP contribution in [0.5, 0.6) is 0 Å². The van der Waals surface area contributed by atoms with Gasteiger partial charge in [-0.05, 0) is 31.0 Å². The van der Waals surface area contributed by atoms with Crippen molar-refractivity contribution in [2.45, 2.75) is 13.3 Å². The molecule has 0 aliphatic heterocycles. The standard InChI is InChI=1S/C11H15BrN2O3S/c1-8-3-4-9(12)7-10(8)11(15)14-5-2-6-18(13,16)17/h3-4,7H,2,5-6H2,1H3,(H,14,15)(H2,13,16,17). The number of amides is 1. The number of primary sulfonamides is 1. The molecule has 7 heteroatoms. The largest absolute Gasteiger partial charge is 0.352 e. The van der Waals surface area contributed by atoms with E-state index >= 15 is 0 Å². The number of nitrogens with two attached hydrogens (primary N) is 1. The summed E-state index contributed by atoms with van der Waals surface area (Å²) in [6.07, 6.45) is 0.303. The van der Waals surface area contributed by atoms with Crippen molar-refractivity contribution < 1.29 is 13.2 Å². The summed E-state index contributed by atoms with van der Waals surface area (Å²) < 4.78 is 22.2. The molecule has 0 aliphatic rings. The molecule has 0 unspecified atom stereocenters. The second-order valence-corrected chi connectivity index (χ2v) is 6.59. The fourth-order valence-electron chi connectivity index (χ4n) is 1.41. The van der Waals surface area contributed by atoms with Crippen LogP contribution >= 0.6 is 15.9 Å². The summed E-state index contributed by atoms with van der Waals surface area (Å²) in [6.45, 7) is 2.12. The Kier molecular flexibility index (Phi) is 5.30. The lowest BCUT2D eigenvalue weighted by atomic mass is 10.1. The molecule has 3 N–H and O–H groups in total. The summed E-state index contributed by atoms with van der Waals surface area (Å²) in [7, 11) is -3.46. The average Bonchev–Trinajstić information content (AvgIpc) is 2.26. The molecule has 0 heterocycles. The van der Waals surface area contributed by atoms with Gasteiger partial charge in [-0.15, -0.1) is 0 Å². The first-order chi connectivity index (χ1) is 8.29. The van der Waals surface area contributed by atoms with E-state index in [0.29, 0.717) is 12.0 Å². The van der Waals surface area contributed by atoms with Gasteiger partial charge in [0.05, 0.1) is 5.75 Å². The third-order valence-corrected chi connectivity index (χ3v) is 3.69. The van der Waals surface area contributed by atoms with Crippen molar-refractivity contribution in [1.29, 1.82) is 0 Å². The lowest BCUT2D eigenvalue weighted by Crippen LogP contribution is -2.27. The number of hydrogen-bond acceptors (Lipinski definition) is 3. The number of carbonyl (C=O) groups excluding carboxylic acids is 1. The molecule has 5 nitrogen and oxygen atoms in total. The van der Waals surface area contributed by atoms with Crippen molar-refractivity contribution in [3.8, 4) is 0 Å². The molecule has 100 valence electrons. The molecule has 1 amide bonds. The van der Waals surface area contributed by atoms with Gasteiger partial charge < -0.3 is 5.32 Å². The highest BCUT2D eigenvalue weighted by molar-refractivity contribution is 9.10. The van der Waals surface area contributed by atoms with E-state index in [2.05, 4.69) is 21.2 Å². The van der Waals surface area contributed by atoms with E-state index in [-0.39, 0.29) is 18.2 Å². The number of hydrogen-bond donors (Lipinski definition) is 2. The fraction of sp³-hybridized carbons (Fsp3) is 0.364. The zero-order valence-corrected chi connectivity index (χ0v) is 12.3. The SMILES string of the molecule is Cc1ccc(Br)cc1C(=O)NCCCS(N)(=O)=O. The van der Waals surface area contributed by atoms with Gasteiger partial charge in [-0.25, -0.2) is 13.6 Å². The van der Waals surface area contributed by atoms with E-state index in [1.165, 1.54) is 0 Å². The van der Waals surface area contributed by atoms with Gasteiger partial charge in [-0.3, -0.25) is 4.79 Å². The number of carbonyl (C=O) groups is 1. The van der Waals surface area contributed by atoms with Gasteiger partial charge in [0.15, 0.2) is 0 Å². The highest BCUT2D eigenvalue weighted by Gasteiger charge is 2.09. The number of benzene rings is 1. The zero-order valence-electron chi connectivity index (χ0n) is 9.94. The Morgan fingerprint density at radius 2 is 2.11 bits per heavy atom. The summed E-state index contributed by atoms with van der Waals surface area (Å²) in [6, 6.07) is 5.42. The first-order valence-corrected chi connectivity index (χ1v) is 7.85. The highest BCUT2D eigenvalue weighted by Crippen LogP contribution is 2.15. The minimum Gasteiger partial charge on any atom is -0.352 e. The maximum atomic E-state index is 11.8. The lowest BCUT2D eigenvalue weighted by molar-refractivity contribution is 0.0953. The molecule has 1 rings (SSSR count). The molecular weight excluding hydrogens is 320 g/mol. The Labute approximate surface area is 115 Å². The molecule has 0 aliphatic carbocycles. The molecule has 1 aromatic rings. The summed E-state index contributed by atoms with van der Waals surface area (Å²) in [4.78, 5) is 11.8. The van der Waals surface area contributed by atoms with Crippen molar-refractivity contribution >= 4 is 31.9 Å². The van der Waals surface area contributed by atoms with E-state index in [1.54, 1.807) is 6.07 Å². The minimum absolute atomic E-state index is 0.134. The van der Waals surface area contributed by atoms with Crippen molar-refractivity contribution in [3.05, 3.63) is 33.8 Å². The number of aryl methyl sites for hydroxylation is 1. The molecule has 0 radical (unpaired) electrons. The van der Waals surface area contributed by atoms with Gasteiger partial charge >= 0.3 is 0 Å². The predicted octanol–water partition coefficient (Wildman–Crippen LogP) is 1.17. The van der Waals surface area contributed by atoms with Gasteiger partial charge in [0, 0.05) is 16.6 Å². The van der Waals surface area contributed by atoms with Crippen LogP contribution in [0.15, 0.2) is 22.7 Å². The molecule has 0 saturated carbocycles. The molecule has 1 aromatic carbocycles. The average molecular weight is 335 g/mol. The van der Waals surface area contributed by atoms with Crippen LogP contribution in [-0.2, 0) is 10.0 Å². The monoisotopic (exact) mass is 334 g/mol. The van der Waals surface area contributed by atoms with Gasteiger partial charge in [0.25, 0.3) is 5.91 Å². The summed E-state index contributed by atoms with van der Waals surface area (Å²) in [5.41, 5.74) is 1.43. The van der Waals surface area contributed by atoms with Crippen molar-refractivity contribution in [2.75, 3.05) is 12.3 Å². The molecule has 0 fully saturated rings. The third-order valence-electron chi connectivity index (χ3n) is 2.34. The second-order valence-electron chi connectivity index (χ2n) is 3.94. The number of nitrogens with one attached hydrogen (secondary N) is 1. The van der Waals surface area contributed by atoms with E-state index in [1.807, 2.05) is 19.1 Å². The predicted molar refractivity (Wildman–Crippen MR) is 73.8 cm³/mol. The Bertz CT molecular complexity index is 543. The zero-order chi connectivity index (χ0) is 13.8. The Morgan fingerprint density at radius 1 is 1.44 bits per heavy atom. The first kappa shape index (κ1) is 15.1. The van der Waals surface area contributed by atoms with Gasteiger partial charge in [-0.1, -0.05) is 22.0 Å². The number of rotatable bonds is 5.